The zero-order valence-electron chi connectivity index (χ0n) is 13.3. The van der Waals surface area contributed by atoms with Crippen LogP contribution in [0.5, 0.6) is 23.0 Å². The van der Waals surface area contributed by atoms with Gasteiger partial charge < -0.3 is 29.8 Å². The number of nitrogens with two attached hydrogens (primary N) is 1. The van der Waals surface area contributed by atoms with Crippen LogP contribution in [-0.4, -0.2) is 45.2 Å². The van der Waals surface area contributed by atoms with Gasteiger partial charge in [-0.3, -0.25) is 0 Å². The largest absolute Gasteiger partial charge is 0.493 e. The Hall–Kier alpha value is -1.66. The van der Waals surface area contributed by atoms with Crippen molar-refractivity contribution in [3.63, 3.8) is 0 Å². The van der Waals surface area contributed by atoms with Crippen molar-refractivity contribution >= 4 is 0 Å². The number of methoxy groups -OCH3 is 3. The van der Waals surface area contributed by atoms with Gasteiger partial charge in [0.1, 0.15) is 11.9 Å². The van der Waals surface area contributed by atoms with E-state index in [9.17, 15) is 5.11 Å². The van der Waals surface area contributed by atoms with Gasteiger partial charge in [-0.05, 0) is 5.92 Å². The summed E-state index contributed by atoms with van der Waals surface area (Å²) in [5.41, 5.74) is 6.04. The highest BCUT2D eigenvalue weighted by atomic mass is 16.5. The number of aliphatic hydroxyl groups excluding tert-OH is 1. The quantitative estimate of drug-likeness (QED) is 0.755. The van der Waals surface area contributed by atoms with Crippen molar-refractivity contribution in [2.45, 2.75) is 26.0 Å². The summed E-state index contributed by atoms with van der Waals surface area (Å²) in [6, 6.07) is 3.07. The van der Waals surface area contributed by atoms with Gasteiger partial charge in [0.15, 0.2) is 11.5 Å². The van der Waals surface area contributed by atoms with Gasteiger partial charge in [0, 0.05) is 18.2 Å². The molecule has 6 heteroatoms. The third-order valence-electron chi connectivity index (χ3n) is 3.30. The molecule has 2 atom stereocenters. The summed E-state index contributed by atoms with van der Waals surface area (Å²) in [4.78, 5) is 0. The molecule has 0 saturated carbocycles. The Morgan fingerprint density at radius 2 is 1.57 bits per heavy atom. The lowest BCUT2D eigenvalue weighted by Gasteiger charge is -2.26. The molecule has 21 heavy (non-hydrogen) atoms. The topological polar surface area (TPSA) is 83.2 Å². The van der Waals surface area contributed by atoms with Gasteiger partial charge in [-0.25, -0.2) is 0 Å². The van der Waals surface area contributed by atoms with Gasteiger partial charge in [-0.15, -0.1) is 0 Å². The second-order valence-corrected chi connectivity index (χ2v) is 5.02. The molecule has 0 radical (unpaired) electrons. The van der Waals surface area contributed by atoms with Crippen LogP contribution in [0.3, 0.4) is 0 Å². The minimum absolute atomic E-state index is 0.171. The first-order valence-corrected chi connectivity index (χ1v) is 6.81. The lowest BCUT2D eigenvalue weighted by Crippen LogP contribution is -2.45. The van der Waals surface area contributed by atoms with E-state index in [1.165, 1.54) is 21.3 Å². The van der Waals surface area contributed by atoms with E-state index in [1.54, 1.807) is 12.1 Å². The molecule has 1 aromatic carbocycles. The van der Waals surface area contributed by atoms with Crippen molar-refractivity contribution in [2.75, 3.05) is 27.9 Å². The van der Waals surface area contributed by atoms with E-state index in [0.717, 1.165) is 0 Å². The zero-order valence-corrected chi connectivity index (χ0v) is 13.3. The Morgan fingerprint density at radius 1 is 1.05 bits per heavy atom. The fraction of sp³-hybridized carbons (Fsp3) is 0.600. The minimum atomic E-state index is -0.507. The molecule has 0 fully saturated rings. The van der Waals surface area contributed by atoms with Crippen LogP contribution in [0.15, 0.2) is 12.1 Å². The lowest BCUT2D eigenvalue weighted by molar-refractivity contribution is 0.0805. The minimum Gasteiger partial charge on any atom is -0.493 e. The Balaban J connectivity index is 3.07. The highest BCUT2D eigenvalue weighted by Crippen LogP contribution is 2.41. The molecular formula is C15H25NO5. The van der Waals surface area contributed by atoms with Crippen LogP contribution in [0.25, 0.3) is 0 Å². The first-order chi connectivity index (χ1) is 9.98. The zero-order chi connectivity index (χ0) is 16.0. The van der Waals surface area contributed by atoms with E-state index < -0.39 is 6.10 Å². The summed E-state index contributed by atoms with van der Waals surface area (Å²) < 4.78 is 21.6. The summed E-state index contributed by atoms with van der Waals surface area (Å²) in [6.45, 7) is 3.79. The average Bonchev–Trinajstić information content (AvgIpc) is 2.50. The molecule has 0 spiro atoms. The molecule has 0 heterocycles. The third-order valence-corrected chi connectivity index (χ3v) is 3.30. The van der Waals surface area contributed by atoms with Crippen molar-refractivity contribution in [1.82, 2.24) is 0 Å². The molecule has 1 rings (SSSR count). The van der Waals surface area contributed by atoms with Crippen LogP contribution in [0.2, 0.25) is 0 Å². The predicted octanol–water partition coefficient (Wildman–Crippen LogP) is 1.44. The molecule has 0 amide bonds. The number of ether oxygens (including phenoxy) is 4. The predicted molar refractivity (Wildman–Crippen MR) is 80.4 cm³/mol. The number of hydrogen-bond donors (Lipinski definition) is 2. The summed E-state index contributed by atoms with van der Waals surface area (Å²) >= 11 is 0. The fourth-order valence-electron chi connectivity index (χ4n) is 1.97. The van der Waals surface area contributed by atoms with Gasteiger partial charge in [-0.2, -0.15) is 0 Å². The molecule has 3 N–H and O–H groups in total. The maximum Gasteiger partial charge on any atom is 0.203 e. The van der Waals surface area contributed by atoms with Gasteiger partial charge in [0.25, 0.3) is 0 Å². The van der Waals surface area contributed by atoms with Crippen LogP contribution < -0.4 is 24.7 Å². The first-order valence-electron chi connectivity index (χ1n) is 6.81. The molecule has 0 bridgehead atoms. The standard InChI is InChI=1S/C15H25NO5/c1-9(2)14(16)13(8-17)21-10-6-11(18-3)15(20-5)12(7-10)19-4/h6-7,9,13-14,17H,8,16H2,1-5H3. The highest BCUT2D eigenvalue weighted by molar-refractivity contribution is 5.55. The normalized spacial score (nSPS) is 13.7. The fourth-order valence-corrected chi connectivity index (χ4v) is 1.97. The Morgan fingerprint density at radius 3 is 1.90 bits per heavy atom. The van der Waals surface area contributed by atoms with Gasteiger partial charge >= 0.3 is 0 Å². The van der Waals surface area contributed by atoms with Crippen LogP contribution in [0.4, 0.5) is 0 Å². The van der Waals surface area contributed by atoms with Gasteiger partial charge in [-0.1, -0.05) is 13.8 Å². The van der Waals surface area contributed by atoms with Crippen LogP contribution in [0, 0.1) is 5.92 Å². The number of rotatable bonds is 8. The monoisotopic (exact) mass is 299 g/mol. The Labute approximate surface area is 125 Å². The molecule has 120 valence electrons. The SMILES string of the molecule is COc1cc(OC(CO)C(N)C(C)C)cc(OC)c1OC. The number of aliphatic hydroxyl groups is 1. The number of hydrogen-bond acceptors (Lipinski definition) is 6. The Kier molecular flexibility index (Phi) is 6.58. The molecule has 6 nitrogen and oxygen atoms in total. The van der Waals surface area contributed by atoms with E-state index in [2.05, 4.69) is 0 Å². The maximum atomic E-state index is 9.47. The van der Waals surface area contributed by atoms with Crippen molar-refractivity contribution in [1.29, 1.82) is 0 Å². The summed E-state index contributed by atoms with van der Waals surface area (Å²) in [5, 5.41) is 9.47. The van der Waals surface area contributed by atoms with Crippen molar-refractivity contribution < 1.29 is 24.1 Å². The van der Waals surface area contributed by atoms with E-state index in [0.29, 0.717) is 23.0 Å². The molecule has 0 aliphatic heterocycles. The molecule has 0 aliphatic carbocycles. The van der Waals surface area contributed by atoms with Crippen LogP contribution in [-0.2, 0) is 0 Å². The van der Waals surface area contributed by atoms with Crippen LogP contribution in [0.1, 0.15) is 13.8 Å². The number of benzene rings is 1. The molecule has 0 aromatic heterocycles. The molecule has 0 saturated heterocycles. The highest BCUT2D eigenvalue weighted by Gasteiger charge is 2.23. The van der Waals surface area contributed by atoms with Gasteiger partial charge in [0.05, 0.1) is 27.9 Å². The van der Waals surface area contributed by atoms with E-state index >= 15 is 0 Å². The lowest BCUT2D eigenvalue weighted by atomic mass is 10.00. The van der Waals surface area contributed by atoms with E-state index in [4.69, 9.17) is 24.7 Å². The average molecular weight is 299 g/mol. The van der Waals surface area contributed by atoms with Gasteiger partial charge in [0.2, 0.25) is 5.75 Å². The van der Waals surface area contributed by atoms with Crippen molar-refractivity contribution in [3.05, 3.63) is 12.1 Å². The third kappa shape index (κ3) is 4.15. The van der Waals surface area contributed by atoms with E-state index in [-0.39, 0.29) is 18.6 Å². The second-order valence-electron chi connectivity index (χ2n) is 5.02. The smallest absolute Gasteiger partial charge is 0.203 e. The maximum absolute atomic E-state index is 9.47. The summed E-state index contributed by atoms with van der Waals surface area (Å²) in [7, 11) is 4.60. The molecule has 0 aliphatic rings. The second kappa shape index (κ2) is 7.95. The summed E-state index contributed by atoms with van der Waals surface area (Å²) in [5.74, 6) is 2.15. The molecule has 2 unspecified atom stereocenters. The van der Waals surface area contributed by atoms with Crippen LogP contribution >= 0.6 is 0 Å². The molecular weight excluding hydrogens is 274 g/mol. The summed E-state index contributed by atoms with van der Waals surface area (Å²) in [6.07, 6.45) is -0.507. The molecule has 1 aromatic rings. The van der Waals surface area contributed by atoms with Crippen molar-refractivity contribution in [3.8, 4) is 23.0 Å². The van der Waals surface area contributed by atoms with Crippen molar-refractivity contribution in [2.24, 2.45) is 11.7 Å². The van der Waals surface area contributed by atoms with E-state index in [1.807, 2.05) is 13.8 Å². The Bertz CT molecular complexity index is 425. The first kappa shape index (κ1) is 17.4.